The first-order chi connectivity index (χ1) is 10.7. The first-order valence-electron chi connectivity index (χ1n) is 7.26. The number of rotatable bonds is 1. The summed E-state index contributed by atoms with van der Waals surface area (Å²) in [7, 11) is 0. The van der Waals surface area contributed by atoms with E-state index in [1.807, 2.05) is 0 Å². The van der Waals surface area contributed by atoms with Gasteiger partial charge >= 0.3 is 0 Å². The monoisotopic (exact) mass is 314 g/mol. The van der Waals surface area contributed by atoms with E-state index in [9.17, 15) is 20.1 Å². The third-order valence-electron chi connectivity index (χ3n) is 4.79. The Balaban J connectivity index is 2.23. The van der Waals surface area contributed by atoms with Gasteiger partial charge in [0.2, 0.25) is 0 Å². The summed E-state index contributed by atoms with van der Waals surface area (Å²) < 4.78 is 6.07. The first kappa shape index (κ1) is 15.2. The van der Waals surface area contributed by atoms with E-state index in [4.69, 9.17) is 4.74 Å². The average molecular weight is 314 g/mol. The Morgan fingerprint density at radius 1 is 0.913 bits per heavy atom. The van der Waals surface area contributed by atoms with Crippen molar-refractivity contribution in [2.75, 3.05) is 0 Å². The molecule has 0 aliphatic carbocycles. The highest BCUT2D eigenvalue weighted by atomic mass is 16.5. The number of hydrogen-bond acceptors (Lipinski definition) is 5. The van der Waals surface area contributed by atoms with Crippen LogP contribution in [0.2, 0.25) is 0 Å². The van der Waals surface area contributed by atoms with Gasteiger partial charge in [-0.25, -0.2) is 0 Å². The first-order valence-corrected chi connectivity index (χ1v) is 7.26. The van der Waals surface area contributed by atoms with Gasteiger partial charge in [0, 0.05) is 12.1 Å². The average Bonchev–Trinajstić information content (AvgIpc) is 2.45. The van der Waals surface area contributed by atoms with E-state index in [0.29, 0.717) is 5.56 Å². The van der Waals surface area contributed by atoms with Gasteiger partial charge in [-0.3, -0.25) is 4.79 Å². The van der Waals surface area contributed by atoms with Crippen LogP contribution >= 0.6 is 0 Å². The van der Waals surface area contributed by atoms with Crippen molar-refractivity contribution in [3.63, 3.8) is 0 Å². The molecule has 0 fully saturated rings. The maximum atomic E-state index is 13.0. The van der Waals surface area contributed by atoms with E-state index in [1.165, 1.54) is 18.2 Å². The molecule has 2 aromatic carbocycles. The standard InChI is InChI=1S/C18H18O5/c1-17(2)16(22)15-13(21)8-12(20)9-14(15)23-18(17,3)10-4-6-11(19)7-5-10/h4-9,19-21H,1-3H3. The minimum absolute atomic E-state index is 0.0732. The molecule has 1 atom stereocenters. The van der Waals surface area contributed by atoms with Crippen LogP contribution in [0.25, 0.3) is 0 Å². The molecule has 1 heterocycles. The van der Waals surface area contributed by atoms with E-state index >= 15 is 0 Å². The van der Waals surface area contributed by atoms with Crippen molar-refractivity contribution in [2.24, 2.45) is 5.41 Å². The highest BCUT2D eigenvalue weighted by Gasteiger charge is 2.54. The quantitative estimate of drug-likeness (QED) is 0.751. The number of Topliss-reactive ketones (excluding diaryl/α,β-unsaturated/α-hetero) is 1. The number of carbonyl (C=O) groups excluding carboxylic acids is 1. The number of carbonyl (C=O) groups is 1. The number of phenolic OH excluding ortho intramolecular Hbond substituents is 3. The van der Waals surface area contributed by atoms with Crippen LogP contribution in [0.4, 0.5) is 0 Å². The molecular weight excluding hydrogens is 296 g/mol. The Morgan fingerprint density at radius 2 is 1.52 bits per heavy atom. The molecule has 3 N–H and O–H groups in total. The zero-order valence-corrected chi connectivity index (χ0v) is 13.1. The van der Waals surface area contributed by atoms with Crippen LogP contribution in [0.5, 0.6) is 23.0 Å². The molecule has 2 aromatic rings. The predicted molar refractivity (Wildman–Crippen MR) is 84.0 cm³/mol. The topological polar surface area (TPSA) is 87.0 Å². The van der Waals surface area contributed by atoms with E-state index < -0.39 is 11.0 Å². The van der Waals surface area contributed by atoms with E-state index in [0.717, 1.165) is 6.07 Å². The number of ketones is 1. The maximum Gasteiger partial charge on any atom is 0.180 e. The van der Waals surface area contributed by atoms with Crippen LogP contribution < -0.4 is 4.74 Å². The summed E-state index contributed by atoms with van der Waals surface area (Å²) >= 11 is 0. The highest BCUT2D eigenvalue weighted by Crippen LogP contribution is 2.53. The van der Waals surface area contributed by atoms with Gasteiger partial charge < -0.3 is 20.1 Å². The number of ether oxygens (including phenoxy) is 1. The van der Waals surface area contributed by atoms with Crippen molar-refractivity contribution in [2.45, 2.75) is 26.4 Å². The number of fused-ring (bicyclic) bond motifs is 1. The van der Waals surface area contributed by atoms with Crippen molar-refractivity contribution in [3.05, 3.63) is 47.5 Å². The van der Waals surface area contributed by atoms with Crippen LogP contribution in [-0.2, 0) is 5.60 Å². The molecule has 5 heteroatoms. The second-order valence-electron chi connectivity index (χ2n) is 6.47. The van der Waals surface area contributed by atoms with Gasteiger partial charge in [0.05, 0.1) is 5.41 Å². The largest absolute Gasteiger partial charge is 0.508 e. The van der Waals surface area contributed by atoms with Crippen LogP contribution in [0.3, 0.4) is 0 Å². The molecule has 23 heavy (non-hydrogen) atoms. The molecule has 1 aliphatic heterocycles. The summed E-state index contributed by atoms with van der Waals surface area (Å²) in [5.74, 6) is -0.491. The highest BCUT2D eigenvalue weighted by molar-refractivity contribution is 6.06. The molecule has 0 radical (unpaired) electrons. The van der Waals surface area contributed by atoms with Crippen molar-refractivity contribution in [3.8, 4) is 23.0 Å². The van der Waals surface area contributed by atoms with Gasteiger partial charge in [-0.05, 0) is 38.5 Å². The third-order valence-corrected chi connectivity index (χ3v) is 4.79. The van der Waals surface area contributed by atoms with Crippen LogP contribution in [0, 0.1) is 5.41 Å². The lowest BCUT2D eigenvalue weighted by molar-refractivity contribution is -0.0300. The Bertz CT molecular complexity index is 792. The summed E-state index contributed by atoms with van der Waals surface area (Å²) in [5.41, 5.74) is -1.21. The lowest BCUT2D eigenvalue weighted by Crippen LogP contribution is -2.52. The Morgan fingerprint density at radius 3 is 2.13 bits per heavy atom. The lowest BCUT2D eigenvalue weighted by Gasteiger charge is -2.47. The van der Waals surface area contributed by atoms with Gasteiger partial charge in [-0.15, -0.1) is 0 Å². The van der Waals surface area contributed by atoms with Crippen LogP contribution in [0.15, 0.2) is 36.4 Å². The fraction of sp³-hybridized carbons (Fsp3) is 0.278. The molecule has 0 bridgehead atoms. The van der Waals surface area contributed by atoms with Gasteiger partial charge in [-0.2, -0.15) is 0 Å². The van der Waals surface area contributed by atoms with Crippen molar-refractivity contribution in [1.29, 1.82) is 0 Å². The number of aromatic hydroxyl groups is 3. The second kappa shape index (κ2) is 4.65. The second-order valence-corrected chi connectivity index (χ2v) is 6.47. The molecule has 0 saturated heterocycles. The Labute approximate surface area is 133 Å². The lowest BCUT2D eigenvalue weighted by atomic mass is 9.66. The molecular formula is C18H18O5. The Kier molecular flexibility index (Phi) is 3.08. The molecule has 3 rings (SSSR count). The Hall–Kier alpha value is -2.69. The normalized spacial score (nSPS) is 22.3. The molecule has 1 aliphatic rings. The third kappa shape index (κ3) is 2.04. The van der Waals surface area contributed by atoms with Gasteiger partial charge in [0.1, 0.15) is 34.2 Å². The SMILES string of the molecule is CC1(C)C(=O)c2c(O)cc(O)cc2OC1(C)c1ccc(O)cc1. The van der Waals surface area contributed by atoms with E-state index in [2.05, 4.69) is 0 Å². The molecule has 0 spiro atoms. The van der Waals surface area contributed by atoms with E-state index in [-0.39, 0.29) is 34.3 Å². The molecule has 5 nitrogen and oxygen atoms in total. The minimum Gasteiger partial charge on any atom is -0.508 e. The minimum atomic E-state index is -1.02. The number of hydrogen-bond donors (Lipinski definition) is 3. The van der Waals surface area contributed by atoms with Crippen LogP contribution in [0.1, 0.15) is 36.7 Å². The predicted octanol–water partition coefficient (Wildman–Crippen LogP) is 3.32. The maximum absolute atomic E-state index is 13.0. The van der Waals surface area contributed by atoms with Crippen molar-refractivity contribution < 1.29 is 24.9 Å². The van der Waals surface area contributed by atoms with Crippen molar-refractivity contribution >= 4 is 5.78 Å². The molecule has 1 unspecified atom stereocenters. The summed E-state index contributed by atoms with van der Waals surface area (Å²) in [6.07, 6.45) is 0. The summed E-state index contributed by atoms with van der Waals surface area (Å²) in [6, 6.07) is 8.89. The summed E-state index contributed by atoms with van der Waals surface area (Å²) in [4.78, 5) is 13.0. The zero-order chi connectivity index (χ0) is 17.0. The van der Waals surface area contributed by atoms with Crippen LogP contribution in [-0.4, -0.2) is 21.1 Å². The summed E-state index contributed by atoms with van der Waals surface area (Å²) in [6.45, 7) is 5.27. The number of benzene rings is 2. The van der Waals surface area contributed by atoms with Gasteiger partial charge in [0.15, 0.2) is 5.78 Å². The number of phenols is 3. The fourth-order valence-electron chi connectivity index (χ4n) is 2.97. The smallest absolute Gasteiger partial charge is 0.180 e. The van der Waals surface area contributed by atoms with E-state index in [1.54, 1.807) is 32.9 Å². The molecule has 120 valence electrons. The molecule has 0 amide bonds. The zero-order valence-electron chi connectivity index (χ0n) is 13.1. The van der Waals surface area contributed by atoms with Gasteiger partial charge in [-0.1, -0.05) is 12.1 Å². The fourth-order valence-corrected chi connectivity index (χ4v) is 2.97. The van der Waals surface area contributed by atoms with Crippen molar-refractivity contribution in [1.82, 2.24) is 0 Å². The van der Waals surface area contributed by atoms with Gasteiger partial charge in [0.25, 0.3) is 0 Å². The molecule has 0 saturated carbocycles. The summed E-state index contributed by atoms with van der Waals surface area (Å²) in [5, 5.41) is 29.2. The molecule has 0 aromatic heterocycles.